The Balaban J connectivity index is 2.03. The maximum atomic E-state index is 12.6. The summed E-state index contributed by atoms with van der Waals surface area (Å²) in [7, 11) is 0. The molecule has 2 atom stereocenters. The summed E-state index contributed by atoms with van der Waals surface area (Å²) in [5, 5.41) is 8.92. The minimum Gasteiger partial charge on any atom is -0.481 e. The molecule has 3 nitrogen and oxygen atoms in total. The summed E-state index contributed by atoms with van der Waals surface area (Å²) >= 11 is 0. The van der Waals surface area contributed by atoms with Gasteiger partial charge >= 0.3 is 5.97 Å². The summed E-state index contributed by atoms with van der Waals surface area (Å²) in [4.78, 5) is 23.5. The SMILES string of the molecule is O=C(O)CCC1C(=O)c2ccccc2C1c1ccccc1. The Labute approximate surface area is 123 Å². The van der Waals surface area contributed by atoms with Crippen LogP contribution in [0.5, 0.6) is 0 Å². The molecule has 3 rings (SSSR count). The quantitative estimate of drug-likeness (QED) is 0.932. The van der Waals surface area contributed by atoms with E-state index in [-0.39, 0.29) is 24.0 Å². The number of hydrogen-bond donors (Lipinski definition) is 1. The summed E-state index contributed by atoms with van der Waals surface area (Å²) < 4.78 is 0. The van der Waals surface area contributed by atoms with Crippen molar-refractivity contribution in [1.82, 2.24) is 0 Å². The standard InChI is InChI=1S/C18H16O3/c19-16(20)11-10-15-17(12-6-2-1-3-7-12)13-8-4-5-9-14(13)18(15)21/h1-9,15,17H,10-11H2,(H,19,20). The van der Waals surface area contributed by atoms with Crippen molar-refractivity contribution in [3.05, 3.63) is 71.3 Å². The molecule has 0 saturated heterocycles. The molecule has 106 valence electrons. The van der Waals surface area contributed by atoms with Gasteiger partial charge in [-0.05, 0) is 17.5 Å². The van der Waals surface area contributed by atoms with Crippen molar-refractivity contribution in [1.29, 1.82) is 0 Å². The highest BCUT2D eigenvalue weighted by atomic mass is 16.4. The Bertz CT molecular complexity index is 676. The third-order valence-corrected chi connectivity index (χ3v) is 4.13. The van der Waals surface area contributed by atoms with Gasteiger partial charge in [-0.1, -0.05) is 54.6 Å². The van der Waals surface area contributed by atoms with E-state index >= 15 is 0 Å². The van der Waals surface area contributed by atoms with Gasteiger partial charge in [-0.25, -0.2) is 0 Å². The summed E-state index contributed by atoms with van der Waals surface area (Å²) in [6.45, 7) is 0. The van der Waals surface area contributed by atoms with Crippen LogP contribution >= 0.6 is 0 Å². The van der Waals surface area contributed by atoms with Crippen LogP contribution < -0.4 is 0 Å². The van der Waals surface area contributed by atoms with Crippen LogP contribution in [0.2, 0.25) is 0 Å². The number of ketones is 1. The fourth-order valence-electron chi connectivity index (χ4n) is 3.21. The zero-order valence-electron chi connectivity index (χ0n) is 11.5. The number of Topliss-reactive ketones (excluding diaryl/α,β-unsaturated/α-hetero) is 1. The molecule has 0 spiro atoms. The zero-order chi connectivity index (χ0) is 14.8. The minimum absolute atomic E-state index is 0.0216. The van der Waals surface area contributed by atoms with Gasteiger partial charge in [0.25, 0.3) is 0 Å². The molecule has 0 saturated carbocycles. The van der Waals surface area contributed by atoms with Gasteiger partial charge in [-0.15, -0.1) is 0 Å². The lowest BCUT2D eigenvalue weighted by Gasteiger charge is -2.19. The van der Waals surface area contributed by atoms with E-state index in [1.54, 1.807) is 0 Å². The molecule has 3 heteroatoms. The smallest absolute Gasteiger partial charge is 0.303 e. The third-order valence-electron chi connectivity index (χ3n) is 4.13. The van der Waals surface area contributed by atoms with Crippen molar-refractivity contribution < 1.29 is 14.7 Å². The van der Waals surface area contributed by atoms with Crippen LogP contribution in [0.25, 0.3) is 0 Å². The highest BCUT2D eigenvalue weighted by molar-refractivity contribution is 6.03. The van der Waals surface area contributed by atoms with Crippen LogP contribution in [-0.2, 0) is 4.79 Å². The van der Waals surface area contributed by atoms with Gasteiger partial charge in [0.1, 0.15) is 0 Å². The summed E-state index contributed by atoms with van der Waals surface area (Å²) in [5.41, 5.74) is 2.83. The number of fused-ring (bicyclic) bond motifs is 1. The molecule has 0 bridgehead atoms. The molecule has 21 heavy (non-hydrogen) atoms. The zero-order valence-corrected chi connectivity index (χ0v) is 11.5. The van der Waals surface area contributed by atoms with E-state index in [1.807, 2.05) is 54.6 Å². The van der Waals surface area contributed by atoms with Gasteiger partial charge in [0, 0.05) is 23.8 Å². The number of aliphatic carboxylic acids is 1. The summed E-state index contributed by atoms with van der Waals surface area (Å²) in [6.07, 6.45) is 0.399. The van der Waals surface area contributed by atoms with E-state index in [0.717, 1.165) is 16.7 Å². The fourth-order valence-corrected chi connectivity index (χ4v) is 3.21. The molecule has 1 N–H and O–H groups in total. The summed E-state index contributed by atoms with van der Waals surface area (Å²) in [5.74, 6) is -1.10. The van der Waals surface area contributed by atoms with Gasteiger partial charge in [0.05, 0.1) is 0 Å². The number of rotatable bonds is 4. The molecule has 2 unspecified atom stereocenters. The molecule has 2 aromatic carbocycles. The van der Waals surface area contributed by atoms with Crippen LogP contribution in [0.4, 0.5) is 0 Å². The normalized spacial score (nSPS) is 20.3. The number of benzene rings is 2. The van der Waals surface area contributed by atoms with Crippen molar-refractivity contribution in [2.45, 2.75) is 18.8 Å². The van der Waals surface area contributed by atoms with Crippen molar-refractivity contribution in [3.63, 3.8) is 0 Å². The Hall–Kier alpha value is -2.42. The number of carboxylic acids is 1. The maximum absolute atomic E-state index is 12.6. The van der Waals surface area contributed by atoms with Crippen LogP contribution in [0, 0.1) is 5.92 Å². The molecule has 0 aliphatic heterocycles. The molecule has 0 fully saturated rings. The first-order chi connectivity index (χ1) is 10.2. The molecule has 0 amide bonds. The van der Waals surface area contributed by atoms with E-state index < -0.39 is 5.97 Å². The Morgan fingerprint density at radius 2 is 1.67 bits per heavy atom. The number of hydrogen-bond acceptors (Lipinski definition) is 2. The fraction of sp³-hybridized carbons (Fsp3) is 0.222. The lowest BCUT2D eigenvalue weighted by molar-refractivity contribution is -0.137. The maximum Gasteiger partial charge on any atom is 0.303 e. The molecular weight excluding hydrogens is 264 g/mol. The second kappa shape index (κ2) is 5.52. The largest absolute Gasteiger partial charge is 0.481 e. The molecule has 1 aliphatic carbocycles. The van der Waals surface area contributed by atoms with Gasteiger partial charge < -0.3 is 5.11 Å². The number of carbonyl (C=O) groups is 2. The highest BCUT2D eigenvalue weighted by Gasteiger charge is 2.39. The Kier molecular flexibility index (Phi) is 3.57. The van der Waals surface area contributed by atoms with Crippen molar-refractivity contribution in [3.8, 4) is 0 Å². The van der Waals surface area contributed by atoms with Crippen LogP contribution in [-0.4, -0.2) is 16.9 Å². The molecular formula is C18H16O3. The molecule has 0 heterocycles. The monoisotopic (exact) mass is 280 g/mol. The van der Waals surface area contributed by atoms with Gasteiger partial charge in [0.2, 0.25) is 0 Å². The number of carbonyl (C=O) groups excluding carboxylic acids is 1. The third kappa shape index (κ3) is 2.47. The van der Waals surface area contributed by atoms with Crippen molar-refractivity contribution in [2.24, 2.45) is 5.92 Å². The highest BCUT2D eigenvalue weighted by Crippen LogP contribution is 2.44. The van der Waals surface area contributed by atoms with Crippen molar-refractivity contribution >= 4 is 11.8 Å². The first kappa shape index (κ1) is 13.6. The average molecular weight is 280 g/mol. The van der Waals surface area contributed by atoms with E-state index in [1.165, 1.54) is 0 Å². The second-order valence-corrected chi connectivity index (χ2v) is 5.38. The first-order valence-electron chi connectivity index (χ1n) is 7.08. The van der Waals surface area contributed by atoms with Gasteiger partial charge in [-0.2, -0.15) is 0 Å². The predicted octanol–water partition coefficient (Wildman–Crippen LogP) is 3.50. The summed E-state index contributed by atoms with van der Waals surface area (Å²) in [6, 6.07) is 17.5. The van der Waals surface area contributed by atoms with Crippen LogP contribution in [0.1, 0.15) is 40.2 Å². The predicted molar refractivity (Wildman–Crippen MR) is 79.4 cm³/mol. The van der Waals surface area contributed by atoms with Crippen LogP contribution in [0.3, 0.4) is 0 Å². The first-order valence-corrected chi connectivity index (χ1v) is 7.08. The van der Waals surface area contributed by atoms with Gasteiger partial charge in [0.15, 0.2) is 5.78 Å². The van der Waals surface area contributed by atoms with E-state index in [0.29, 0.717) is 6.42 Å². The molecule has 2 aromatic rings. The van der Waals surface area contributed by atoms with E-state index in [4.69, 9.17) is 5.11 Å². The second-order valence-electron chi connectivity index (χ2n) is 5.38. The average Bonchev–Trinajstić information content (AvgIpc) is 2.79. The lowest BCUT2D eigenvalue weighted by Crippen LogP contribution is -2.16. The topological polar surface area (TPSA) is 54.4 Å². The van der Waals surface area contributed by atoms with Gasteiger partial charge in [-0.3, -0.25) is 9.59 Å². The molecule has 0 aromatic heterocycles. The number of carboxylic acid groups (broad SMARTS) is 1. The van der Waals surface area contributed by atoms with E-state index in [2.05, 4.69) is 0 Å². The van der Waals surface area contributed by atoms with Crippen LogP contribution in [0.15, 0.2) is 54.6 Å². The minimum atomic E-state index is -0.856. The molecule has 1 aliphatic rings. The Morgan fingerprint density at radius 3 is 2.38 bits per heavy atom. The van der Waals surface area contributed by atoms with E-state index in [9.17, 15) is 9.59 Å². The van der Waals surface area contributed by atoms with Crippen molar-refractivity contribution in [2.75, 3.05) is 0 Å². The molecule has 0 radical (unpaired) electrons. The Morgan fingerprint density at radius 1 is 1.00 bits per heavy atom. The lowest BCUT2D eigenvalue weighted by atomic mass is 9.83.